The van der Waals surface area contributed by atoms with Crippen molar-refractivity contribution >= 4 is 13.8 Å². The summed E-state index contributed by atoms with van der Waals surface area (Å²) in [5.41, 5.74) is 0. The van der Waals surface area contributed by atoms with E-state index in [1.54, 1.807) is 0 Å². The molecule has 6 N–H and O–H groups in total. The molecule has 1 aliphatic carbocycles. The predicted octanol–water partition coefficient (Wildman–Crippen LogP) is 9.76. The van der Waals surface area contributed by atoms with Gasteiger partial charge in [0, 0.05) is 13.0 Å². The zero-order chi connectivity index (χ0) is 42.7. The Hall–Kier alpha value is -0.660. The normalized spacial score (nSPS) is 22.6. The molecule has 0 saturated heterocycles. The largest absolute Gasteiger partial charge is 0.472 e. The van der Waals surface area contributed by atoms with Gasteiger partial charge in [-0.3, -0.25) is 13.8 Å². The second kappa shape index (κ2) is 36.9. The summed E-state index contributed by atoms with van der Waals surface area (Å²) in [6.07, 6.45) is 26.0. The maximum atomic E-state index is 12.8. The average molecular weight is 853 g/mol. The van der Waals surface area contributed by atoms with Crippen LogP contribution < -0.4 is 0 Å². The van der Waals surface area contributed by atoms with Gasteiger partial charge in [-0.1, -0.05) is 200 Å². The molecule has 0 amide bonds. The van der Waals surface area contributed by atoms with Crippen LogP contribution in [-0.4, -0.2) is 98.9 Å². The highest BCUT2D eigenvalue weighted by molar-refractivity contribution is 7.47. The lowest BCUT2D eigenvalue weighted by atomic mass is 9.85. The number of phosphoric ester groups is 1. The number of phosphoric acid groups is 1. The van der Waals surface area contributed by atoms with Crippen LogP contribution in [0.25, 0.3) is 0 Å². The summed E-state index contributed by atoms with van der Waals surface area (Å²) in [6, 6.07) is 0. The highest BCUT2D eigenvalue weighted by Crippen LogP contribution is 2.47. The standard InChI is InChI=1S/C45H89O12P/c1-3-5-7-9-11-13-15-17-19-20-21-23-25-27-29-31-33-35-54-36-38(37-55-58(52,53)57-45-43(50)41(48)40(47)42(49)44(45)51)56-39(46)34-32-30-28-26-24-22-18-16-14-12-10-8-6-4-2/h38,40-45,47-51H,3-37H2,1-2H3,(H,52,53). The molecule has 346 valence electrons. The molecular weight excluding hydrogens is 763 g/mol. The molecular formula is C45H89O12P. The molecule has 0 aliphatic heterocycles. The van der Waals surface area contributed by atoms with Gasteiger partial charge in [-0.2, -0.15) is 0 Å². The van der Waals surface area contributed by atoms with Gasteiger partial charge in [0.05, 0.1) is 13.2 Å². The first-order valence-electron chi connectivity index (χ1n) is 23.9. The fraction of sp³-hybridized carbons (Fsp3) is 0.978. The van der Waals surface area contributed by atoms with Gasteiger partial charge in [-0.25, -0.2) is 4.57 Å². The van der Waals surface area contributed by atoms with E-state index >= 15 is 0 Å². The van der Waals surface area contributed by atoms with Gasteiger partial charge in [0.1, 0.15) is 42.7 Å². The Morgan fingerprint density at radius 2 is 0.810 bits per heavy atom. The van der Waals surface area contributed by atoms with E-state index in [-0.39, 0.29) is 13.0 Å². The molecule has 6 unspecified atom stereocenters. The fourth-order valence-corrected chi connectivity index (χ4v) is 8.62. The van der Waals surface area contributed by atoms with Gasteiger partial charge in [0.2, 0.25) is 0 Å². The fourth-order valence-electron chi connectivity index (χ4n) is 7.65. The summed E-state index contributed by atoms with van der Waals surface area (Å²) in [6.45, 7) is 4.30. The molecule has 1 saturated carbocycles. The van der Waals surface area contributed by atoms with Crippen molar-refractivity contribution in [2.45, 2.75) is 262 Å². The number of rotatable bonds is 41. The van der Waals surface area contributed by atoms with Crippen LogP contribution in [0.5, 0.6) is 0 Å². The van der Waals surface area contributed by atoms with Crippen LogP contribution in [0.4, 0.5) is 0 Å². The molecule has 12 nitrogen and oxygen atoms in total. The molecule has 0 aromatic rings. The zero-order valence-corrected chi connectivity index (χ0v) is 37.8. The summed E-state index contributed by atoms with van der Waals surface area (Å²) < 4.78 is 34.2. The number of aliphatic hydroxyl groups is 5. The maximum absolute atomic E-state index is 12.8. The highest BCUT2D eigenvalue weighted by Gasteiger charge is 2.51. The minimum atomic E-state index is -5.01. The van der Waals surface area contributed by atoms with Crippen molar-refractivity contribution in [2.24, 2.45) is 0 Å². The molecule has 1 fully saturated rings. The minimum Gasteiger partial charge on any atom is -0.457 e. The maximum Gasteiger partial charge on any atom is 0.472 e. The molecule has 0 aromatic heterocycles. The van der Waals surface area contributed by atoms with Crippen molar-refractivity contribution in [2.75, 3.05) is 19.8 Å². The number of carbonyl (C=O) groups is 1. The summed E-state index contributed by atoms with van der Waals surface area (Å²) in [4.78, 5) is 23.1. The van der Waals surface area contributed by atoms with Crippen LogP contribution in [0.15, 0.2) is 0 Å². The van der Waals surface area contributed by atoms with Crippen LogP contribution in [0.3, 0.4) is 0 Å². The number of esters is 1. The Labute approximate surface area is 353 Å². The first kappa shape index (κ1) is 55.4. The molecule has 58 heavy (non-hydrogen) atoms. The summed E-state index contributed by atoms with van der Waals surface area (Å²) in [7, 11) is -5.01. The minimum absolute atomic E-state index is 0.0678. The Morgan fingerprint density at radius 1 is 0.483 bits per heavy atom. The first-order chi connectivity index (χ1) is 28.0. The Morgan fingerprint density at radius 3 is 1.19 bits per heavy atom. The van der Waals surface area contributed by atoms with Gasteiger partial charge < -0.3 is 39.9 Å². The number of unbranched alkanes of at least 4 members (excludes halogenated alkanes) is 29. The third kappa shape index (κ3) is 28.8. The summed E-state index contributed by atoms with van der Waals surface area (Å²) in [5, 5.41) is 50.2. The number of carbonyl (C=O) groups excluding carboxylic acids is 1. The molecule has 1 aliphatic rings. The lowest BCUT2D eigenvalue weighted by Crippen LogP contribution is -2.64. The predicted molar refractivity (Wildman–Crippen MR) is 230 cm³/mol. The van der Waals surface area contributed by atoms with Crippen LogP contribution >= 0.6 is 7.82 Å². The molecule has 0 bridgehead atoms. The van der Waals surface area contributed by atoms with Crippen molar-refractivity contribution < 1.29 is 58.3 Å². The van der Waals surface area contributed by atoms with Gasteiger partial charge >= 0.3 is 13.8 Å². The van der Waals surface area contributed by atoms with E-state index in [1.165, 1.54) is 154 Å². The third-order valence-electron chi connectivity index (χ3n) is 11.5. The van der Waals surface area contributed by atoms with E-state index in [1.807, 2.05) is 0 Å². The van der Waals surface area contributed by atoms with Crippen molar-refractivity contribution in [3.05, 3.63) is 0 Å². The molecule has 0 radical (unpaired) electrons. The number of ether oxygens (including phenoxy) is 2. The molecule has 13 heteroatoms. The van der Waals surface area contributed by atoms with Crippen LogP contribution in [0, 0.1) is 0 Å². The second-order valence-electron chi connectivity index (χ2n) is 17.0. The van der Waals surface area contributed by atoms with E-state index in [9.17, 15) is 39.8 Å². The quantitative estimate of drug-likeness (QED) is 0.0194. The van der Waals surface area contributed by atoms with E-state index in [0.717, 1.165) is 38.5 Å². The number of hydrogen-bond acceptors (Lipinski definition) is 11. The third-order valence-corrected chi connectivity index (χ3v) is 12.5. The van der Waals surface area contributed by atoms with Crippen LogP contribution in [-0.2, 0) is 27.9 Å². The van der Waals surface area contributed by atoms with Crippen molar-refractivity contribution in [1.29, 1.82) is 0 Å². The van der Waals surface area contributed by atoms with Crippen molar-refractivity contribution in [3.8, 4) is 0 Å². The molecule has 0 aromatic carbocycles. The SMILES string of the molecule is CCCCCCCCCCCCCCCCCCCOCC(COP(=O)(O)OC1C(O)C(O)C(O)C(O)C1O)OC(=O)CCCCCCCCCCCCCCCC. The number of aliphatic hydroxyl groups excluding tert-OH is 5. The Bertz CT molecular complexity index is 973. The summed E-state index contributed by atoms with van der Waals surface area (Å²) >= 11 is 0. The average Bonchev–Trinajstić information content (AvgIpc) is 3.21. The molecule has 0 spiro atoms. The van der Waals surface area contributed by atoms with E-state index in [0.29, 0.717) is 13.0 Å². The van der Waals surface area contributed by atoms with Gasteiger partial charge in [0.15, 0.2) is 0 Å². The van der Waals surface area contributed by atoms with Crippen LogP contribution in [0.2, 0.25) is 0 Å². The van der Waals surface area contributed by atoms with Gasteiger partial charge in [0.25, 0.3) is 0 Å². The molecule has 1 rings (SSSR count). The first-order valence-corrected chi connectivity index (χ1v) is 25.4. The second-order valence-corrected chi connectivity index (χ2v) is 18.4. The highest BCUT2D eigenvalue weighted by atomic mass is 31.2. The van der Waals surface area contributed by atoms with E-state index in [2.05, 4.69) is 13.8 Å². The van der Waals surface area contributed by atoms with Crippen molar-refractivity contribution in [3.63, 3.8) is 0 Å². The van der Waals surface area contributed by atoms with Crippen LogP contribution in [0.1, 0.15) is 219 Å². The topological polar surface area (TPSA) is 192 Å². The molecule has 0 heterocycles. The lowest BCUT2D eigenvalue weighted by Gasteiger charge is -2.41. The smallest absolute Gasteiger partial charge is 0.457 e. The number of hydrogen-bond donors (Lipinski definition) is 6. The summed E-state index contributed by atoms with van der Waals surface area (Å²) in [5.74, 6) is -0.471. The van der Waals surface area contributed by atoms with Gasteiger partial charge in [-0.15, -0.1) is 0 Å². The van der Waals surface area contributed by atoms with Gasteiger partial charge in [-0.05, 0) is 12.8 Å². The van der Waals surface area contributed by atoms with E-state index < -0.39 is 63.1 Å². The van der Waals surface area contributed by atoms with E-state index in [4.69, 9.17) is 18.5 Å². The molecule has 6 atom stereocenters. The lowest BCUT2D eigenvalue weighted by molar-refractivity contribution is -0.220. The Kier molecular flexibility index (Phi) is 35.3. The monoisotopic (exact) mass is 853 g/mol. The van der Waals surface area contributed by atoms with Crippen molar-refractivity contribution in [1.82, 2.24) is 0 Å². The Balaban J connectivity index is 2.36. The zero-order valence-electron chi connectivity index (χ0n) is 36.9.